The molecule has 0 heterocycles. The van der Waals surface area contributed by atoms with Gasteiger partial charge in [-0.05, 0) is 30.3 Å². The van der Waals surface area contributed by atoms with Gasteiger partial charge in [0.25, 0.3) is 5.69 Å². The van der Waals surface area contributed by atoms with Crippen molar-refractivity contribution in [1.82, 2.24) is 5.32 Å². The largest absolute Gasteiger partial charge is 0.383 e. The molecule has 0 bridgehead atoms. The van der Waals surface area contributed by atoms with E-state index in [9.17, 15) is 19.3 Å². The summed E-state index contributed by atoms with van der Waals surface area (Å²) in [7, 11) is 0. The Morgan fingerprint density at radius 1 is 1.20 bits per heavy atom. The number of nitrogens with zero attached hydrogens (tertiary/aromatic N) is 1. The van der Waals surface area contributed by atoms with Crippen molar-refractivity contribution in [2.45, 2.75) is 0 Å². The monoisotopic (exact) mass is 363 g/mol. The summed E-state index contributed by atoms with van der Waals surface area (Å²) in [6.07, 6.45) is 2.52. The van der Waals surface area contributed by atoms with Gasteiger partial charge in [0.15, 0.2) is 0 Å². The lowest BCUT2D eigenvalue weighted by atomic mass is 10.2. The Balaban J connectivity index is 1.77. The highest BCUT2D eigenvalue weighted by atomic mass is 35.5. The van der Waals surface area contributed by atoms with E-state index in [0.717, 1.165) is 0 Å². The van der Waals surface area contributed by atoms with Gasteiger partial charge in [-0.15, -0.1) is 0 Å². The number of carbonyl (C=O) groups is 1. The zero-order valence-electron chi connectivity index (χ0n) is 13.0. The maximum Gasteiger partial charge on any atom is 0.269 e. The van der Waals surface area contributed by atoms with Crippen LogP contribution >= 0.6 is 11.6 Å². The summed E-state index contributed by atoms with van der Waals surface area (Å²) in [6, 6.07) is 10.2. The smallest absolute Gasteiger partial charge is 0.269 e. The number of halogens is 2. The second-order valence-electron chi connectivity index (χ2n) is 4.99. The fourth-order valence-corrected chi connectivity index (χ4v) is 2.21. The van der Waals surface area contributed by atoms with Crippen molar-refractivity contribution in [1.29, 1.82) is 0 Å². The first kappa shape index (κ1) is 18.4. The Morgan fingerprint density at radius 2 is 1.92 bits per heavy atom. The molecule has 0 spiro atoms. The normalized spacial score (nSPS) is 10.6. The van der Waals surface area contributed by atoms with E-state index in [1.807, 2.05) is 0 Å². The minimum Gasteiger partial charge on any atom is -0.383 e. The predicted octanol–water partition coefficient (Wildman–Crippen LogP) is 3.63. The number of nitro benzene ring substituents is 1. The summed E-state index contributed by atoms with van der Waals surface area (Å²) in [5.74, 6) is -0.888. The molecule has 0 aromatic heterocycles. The number of nitrogens with one attached hydrogen (secondary N) is 2. The topological polar surface area (TPSA) is 84.3 Å². The molecule has 0 saturated carbocycles. The van der Waals surface area contributed by atoms with E-state index in [4.69, 9.17) is 11.6 Å². The van der Waals surface area contributed by atoms with Gasteiger partial charge in [-0.25, -0.2) is 4.39 Å². The predicted molar refractivity (Wildman–Crippen MR) is 95.0 cm³/mol. The first-order valence-corrected chi connectivity index (χ1v) is 7.73. The van der Waals surface area contributed by atoms with Crippen LogP contribution in [0.4, 0.5) is 15.8 Å². The molecule has 2 rings (SSSR count). The Bertz CT molecular complexity index is 774. The number of hydrogen-bond acceptors (Lipinski definition) is 4. The van der Waals surface area contributed by atoms with E-state index in [0.29, 0.717) is 18.8 Å². The number of hydrogen-bond donors (Lipinski definition) is 2. The molecule has 0 aliphatic rings. The van der Waals surface area contributed by atoms with Crippen molar-refractivity contribution in [3.8, 4) is 0 Å². The van der Waals surface area contributed by atoms with Crippen LogP contribution in [0.2, 0.25) is 5.02 Å². The second-order valence-corrected chi connectivity index (χ2v) is 5.40. The molecule has 6 nitrogen and oxygen atoms in total. The number of amides is 1. The summed E-state index contributed by atoms with van der Waals surface area (Å²) in [5.41, 5.74) is 0.868. The van der Waals surface area contributed by atoms with Gasteiger partial charge in [0, 0.05) is 42.5 Å². The van der Waals surface area contributed by atoms with Crippen molar-refractivity contribution in [3.05, 3.63) is 75.1 Å². The van der Waals surface area contributed by atoms with Crippen molar-refractivity contribution in [2.75, 3.05) is 18.4 Å². The van der Waals surface area contributed by atoms with Gasteiger partial charge in [-0.2, -0.15) is 0 Å². The standard InChI is InChI=1S/C17H15ClFN3O3/c18-15-2-1-3-16(19)14(15)8-9-17(23)21-11-10-20-12-4-6-13(7-5-12)22(24)25/h1-9,20H,10-11H2,(H,21,23)/b9-8+. The molecule has 0 saturated heterocycles. The van der Waals surface area contributed by atoms with E-state index in [-0.39, 0.29) is 22.2 Å². The van der Waals surface area contributed by atoms with Crippen molar-refractivity contribution in [3.63, 3.8) is 0 Å². The van der Waals surface area contributed by atoms with Gasteiger partial charge in [0.2, 0.25) is 5.91 Å². The molecule has 0 atom stereocenters. The molecule has 130 valence electrons. The highest BCUT2D eigenvalue weighted by Crippen LogP contribution is 2.20. The van der Waals surface area contributed by atoms with Gasteiger partial charge < -0.3 is 10.6 Å². The Morgan fingerprint density at radius 3 is 2.56 bits per heavy atom. The Hall–Kier alpha value is -2.93. The summed E-state index contributed by atoms with van der Waals surface area (Å²) in [5, 5.41) is 16.4. The molecular weight excluding hydrogens is 349 g/mol. The molecule has 0 unspecified atom stereocenters. The molecule has 1 amide bonds. The van der Waals surface area contributed by atoms with Gasteiger partial charge >= 0.3 is 0 Å². The molecule has 25 heavy (non-hydrogen) atoms. The number of benzene rings is 2. The molecule has 0 aliphatic carbocycles. The van der Waals surface area contributed by atoms with Crippen LogP contribution in [0.25, 0.3) is 6.08 Å². The molecule has 8 heteroatoms. The third kappa shape index (κ3) is 5.58. The number of carbonyl (C=O) groups excluding carboxylic acids is 1. The van der Waals surface area contributed by atoms with E-state index < -0.39 is 10.7 Å². The average Bonchev–Trinajstić information content (AvgIpc) is 2.58. The van der Waals surface area contributed by atoms with E-state index in [1.54, 1.807) is 12.1 Å². The summed E-state index contributed by atoms with van der Waals surface area (Å²) < 4.78 is 13.6. The van der Waals surface area contributed by atoms with Crippen molar-refractivity contribution >= 4 is 35.0 Å². The quantitative estimate of drug-likeness (QED) is 0.340. The van der Waals surface area contributed by atoms with Gasteiger partial charge in [-0.3, -0.25) is 14.9 Å². The Labute approximate surface area is 148 Å². The van der Waals surface area contributed by atoms with Crippen LogP contribution in [-0.2, 0) is 4.79 Å². The maximum atomic E-state index is 13.6. The fraction of sp³-hybridized carbons (Fsp3) is 0.118. The van der Waals surface area contributed by atoms with Crippen LogP contribution in [-0.4, -0.2) is 23.9 Å². The van der Waals surface area contributed by atoms with Crippen molar-refractivity contribution in [2.24, 2.45) is 0 Å². The number of non-ortho nitro benzene ring substituents is 1. The Kier molecular flexibility index (Phi) is 6.47. The zero-order valence-corrected chi connectivity index (χ0v) is 13.8. The first-order valence-electron chi connectivity index (χ1n) is 7.35. The lowest BCUT2D eigenvalue weighted by Gasteiger charge is -2.06. The maximum absolute atomic E-state index is 13.6. The van der Waals surface area contributed by atoms with Crippen LogP contribution in [0, 0.1) is 15.9 Å². The van der Waals surface area contributed by atoms with Gasteiger partial charge in [0.05, 0.1) is 9.95 Å². The second kappa shape index (κ2) is 8.79. The van der Waals surface area contributed by atoms with Crippen LogP contribution in [0.3, 0.4) is 0 Å². The van der Waals surface area contributed by atoms with E-state index in [1.165, 1.54) is 42.5 Å². The lowest BCUT2D eigenvalue weighted by molar-refractivity contribution is -0.384. The molecule has 2 aromatic carbocycles. The molecule has 0 aliphatic heterocycles. The SMILES string of the molecule is O=C(/C=C/c1c(F)cccc1Cl)NCCNc1ccc([N+](=O)[O-])cc1. The number of anilines is 1. The van der Waals surface area contributed by atoms with E-state index >= 15 is 0 Å². The van der Waals surface area contributed by atoms with Crippen LogP contribution in [0.5, 0.6) is 0 Å². The molecule has 0 radical (unpaired) electrons. The zero-order chi connectivity index (χ0) is 18.2. The van der Waals surface area contributed by atoms with Crippen LogP contribution in [0.15, 0.2) is 48.5 Å². The van der Waals surface area contributed by atoms with Gasteiger partial charge in [0.1, 0.15) is 5.82 Å². The van der Waals surface area contributed by atoms with Crippen molar-refractivity contribution < 1.29 is 14.1 Å². The summed E-state index contributed by atoms with van der Waals surface area (Å²) in [4.78, 5) is 21.8. The summed E-state index contributed by atoms with van der Waals surface area (Å²) >= 11 is 5.86. The highest BCUT2D eigenvalue weighted by molar-refractivity contribution is 6.32. The third-order valence-electron chi connectivity index (χ3n) is 3.23. The molecular formula is C17H15ClFN3O3. The van der Waals surface area contributed by atoms with Crippen LogP contribution in [0.1, 0.15) is 5.56 Å². The first-order chi connectivity index (χ1) is 12.0. The third-order valence-corrected chi connectivity index (χ3v) is 3.56. The van der Waals surface area contributed by atoms with E-state index in [2.05, 4.69) is 10.6 Å². The van der Waals surface area contributed by atoms with Crippen LogP contribution < -0.4 is 10.6 Å². The molecule has 2 N–H and O–H groups in total. The molecule has 0 fully saturated rings. The number of nitro groups is 1. The fourth-order valence-electron chi connectivity index (χ4n) is 1.98. The number of rotatable bonds is 7. The lowest BCUT2D eigenvalue weighted by Crippen LogP contribution is -2.27. The minimum absolute atomic E-state index is 0.01000. The van der Waals surface area contributed by atoms with Gasteiger partial charge in [-0.1, -0.05) is 17.7 Å². The molecule has 2 aromatic rings. The average molecular weight is 364 g/mol. The minimum atomic E-state index is -0.503. The highest BCUT2D eigenvalue weighted by Gasteiger charge is 2.05. The summed E-state index contributed by atoms with van der Waals surface area (Å²) in [6.45, 7) is 0.753.